The molecule has 0 unspecified atom stereocenters. The molecule has 2 aromatic carbocycles. The number of carboxylic acid groups (broad SMARTS) is 1. The SMILES string of the molecule is CCc1ccc(C[C@@H](Oc2ccc(Cl)cc2)C(=O)O)cc1. The maximum absolute atomic E-state index is 11.3. The van der Waals surface area contributed by atoms with Crippen LogP contribution in [0.15, 0.2) is 48.5 Å². The first kappa shape index (κ1) is 15.4. The standard InChI is InChI=1S/C17H17ClO3/c1-2-12-3-5-13(6-4-12)11-16(17(19)20)21-15-9-7-14(18)8-10-15/h3-10,16H,2,11H2,1H3,(H,19,20)/t16-/m1/s1. The molecule has 0 aliphatic heterocycles. The molecule has 3 nitrogen and oxygen atoms in total. The summed E-state index contributed by atoms with van der Waals surface area (Å²) in [5.74, 6) is -0.485. The molecular weight excluding hydrogens is 288 g/mol. The van der Waals surface area contributed by atoms with Crippen molar-refractivity contribution in [2.45, 2.75) is 25.9 Å². The van der Waals surface area contributed by atoms with Gasteiger partial charge in [0.15, 0.2) is 6.10 Å². The zero-order valence-corrected chi connectivity index (χ0v) is 12.5. The molecule has 0 bridgehead atoms. The van der Waals surface area contributed by atoms with Crippen molar-refractivity contribution < 1.29 is 14.6 Å². The van der Waals surface area contributed by atoms with Gasteiger partial charge in [0.2, 0.25) is 0 Å². The first-order chi connectivity index (χ1) is 10.1. The second kappa shape index (κ2) is 7.14. The Bertz CT molecular complexity index is 590. The molecule has 0 radical (unpaired) electrons. The topological polar surface area (TPSA) is 46.5 Å². The van der Waals surface area contributed by atoms with E-state index in [1.807, 2.05) is 24.3 Å². The molecule has 2 rings (SSSR count). The molecule has 0 aromatic heterocycles. The van der Waals surface area contributed by atoms with Crippen molar-refractivity contribution in [3.63, 3.8) is 0 Å². The fourth-order valence-electron chi connectivity index (χ4n) is 1.98. The van der Waals surface area contributed by atoms with E-state index in [1.165, 1.54) is 5.56 Å². The van der Waals surface area contributed by atoms with Gasteiger partial charge in [-0.05, 0) is 41.8 Å². The van der Waals surface area contributed by atoms with Crippen LogP contribution in [0.3, 0.4) is 0 Å². The number of rotatable bonds is 6. The Morgan fingerprint density at radius 1 is 1.10 bits per heavy atom. The van der Waals surface area contributed by atoms with Crippen LogP contribution in [-0.2, 0) is 17.6 Å². The summed E-state index contributed by atoms with van der Waals surface area (Å²) >= 11 is 5.80. The van der Waals surface area contributed by atoms with Crippen LogP contribution in [0.2, 0.25) is 5.02 Å². The minimum atomic E-state index is -0.982. The highest BCUT2D eigenvalue weighted by Gasteiger charge is 2.20. The number of carboxylic acids is 1. The molecule has 0 saturated carbocycles. The lowest BCUT2D eigenvalue weighted by Gasteiger charge is -2.15. The van der Waals surface area contributed by atoms with E-state index < -0.39 is 12.1 Å². The second-order valence-electron chi connectivity index (χ2n) is 4.77. The lowest BCUT2D eigenvalue weighted by molar-refractivity contribution is -0.145. The van der Waals surface area contributed by atoms with Crippen LogP contribution in [0.4, 0.5) is 0 Å². The monoisotopic (exact) mass is 304 g/mol. The quantitative estimate of drug-likeness (QED) is 0.878. The summed E-state index contributed by atoms with van der Waals surface area (Å²) in [7, 11) is 0. The summed E-state index contributed by atoms with van der Waals surface area (Å²) in [5, 5.41) is 9.89. The molecule has 0 amide bonds. The molecule has 0 spiro atoms. The first-order valence-electron chi connectivity index (χ1n) is 6.81. The third-order valence-corrected chi connectivity index (χ3v) is 3.47. The van der Waals surface area contributed by atoms with Gasteiger partial charge in [-0.25, -0.2) is 4.79 Å². The smallest absolute Gasteiger partial charge is 0.345 e. The van der Waals surface area contributed by atoms with E-state index in [2.05, 4.69) is 6.92 Å². The van der Waals surface area contributed by atoms with Crippen molar-refractivity contribution in [3.8, 4) is 5.75 Å². The zero-order valence-electron chi connectivity index (χ0n) is 11.8. The first-order valence-corrected chi connectivity index (χ1v) is 7.19. The van der Waals surface area contributed by atoms with E-state index in [-0.39, 0.29) is 0 Å². The highest BCUT2D eigenvalue weighted by atomic mass is 35.5. The molecule has 0 aliphatic rings. The highest BCUT2D eigenvalue weighted by molar-refractivity contribution is 6.30. The van der Waals surface area contributed by atoms with Crippen molar-refractivity contribution in [3.05, 3.63) is 64.7 Å². The Labute approximate surface area is 129 Å². The molecule has 1 atom stereocenters. The molecule has 0 heterocycles. The molecule has 4 heteroatoms. The lowest BCUT2D eigenvalue weighted by Crippen LogP contribution is -2.29. The minimum Gasteiger partial charge on any atom is -0.478 e. The molecule has 0 saturated heterocycles. The fraction of sp³-hybridized carbons (Fsp3) is 0.235. The number of hydrogen-bond donors (Lipinski definition) is 1. The summed E-state index contributed by atoms with van der Waals surface area (Å²) in [5.41, 5.74) is 2.16. The number of halogens is 1. The zero-order chi connectivity index (χ0) is 15.2. The third-order valence-electron chi connectivity index (χ3n) is 3.22. The highest BCUT2D eigenvalue weighted by Crippen LogP contribution is 2.18. The summed E-state index contributed by atoms with van der Waals surface area (Å²) < 4.78 is 5.53. The van der Waals surface area contributed by atoms with E-state index in [1.54, 1.807) is 24.3 Å². The van der Waals surface area contributed by atoms with Crippen LogP contribution in [0, 0.1) is 0 Å². The Morgan fingerprint density at radius 2 is 1.67 bits per heavy atom. The maximum atomic E-state index is 11.3. The number of benzene rings is 2. The largest absolute Gasteiger partial charge is 0.478 e. The molecule has 21 heavy (non-hydrogen) atoms. The van der Waals surface area contributed by atoms with Gasteiger partial charge in [-0.15, -0.1) is 0 Å². The average molecular weight is 305 g/mol. The summed E-state index contributed by atoms with van der Waals surface area (Å²) in [4.78, 5) is 11.3. The molecular formula is C17H17ClO3. The van der Waals surface area contributed by atoms with Crippen molar-refractivity contribution in [1.29, 1.82) is 0 Å². The van der Waals surface area contributed by atoms with Gasteiger partial charge in [-0.1, -0.05) is 42.8 Å². The fourth-order valence-corrected chi connectivity index (χ4v) is 2.11. The van der Waals surface area contributed by atoms with Crippen molar-refractivity contribution in [1.82, 2.24) is 0 Å². The van der Waals surface area contributed by atoms with Gasteiger partial charge in [0.25, 0.3) is 0 Å². The number of aliphatic carboxylic acids is 1. The Morgan fingerprint density at radius 3 is 2.19 bits per heavy atom. The summed E-state index contributed by atoms with van der Waals surface area (Å²) in [6.07, 6.45) is 0.366. The molecule has 0 aliphatic carbocycles. The van der Waals surface area contributed by atoms with Crippen LogP contribution in [0.25, 0.3) is 0 Å². The normalized spacial score (nSPS) is 11.9. The van der Waals surface area contributed by atoms with Gasteiger partial charge >= 0.3 is 5.97 Å². The van der Waals surface area contributed by atoms with E-state index in [4.69, 9.17) is 16.3 Å². The van der Waals surface area contributed by atoms with Crippen LogP contribution in [0.1, 0.15) is 18.1 Å². The molecule has 1 N–H and O–H groups in total. The Hall–Kier alpha value is -2.00. The predicted octanol–water partition coefficient (Wildman–Crippen LogP) is 3.98. The van der Waals surface area contributed by atoms with Gasteiger partial charge in [0.1, 0.15) is 5.75 Å². The van der Waals surface area contributed by atoms with Crippen LogP contribution >= 0.6 is 11.6 Å². The maximum Gasteiger partial charge on any atom is 0.345 e. The van der Waals surface area contributed by atoms with Crippen LogP contribution in [-0.4, -0.2) is 17.2 Å². The Balaban J connectivity index is 2.07. The predicted molar refractivity (Wildman–Crippen MR) is 83.0 cm³/mol. The van der Waals surface area contributed by atoms with E-state index >= 15 is 0 Å². The average Bonchev–Trinajstić information content (AvgIpc) is 2.49. The number of carbonyl (C=O) groups is 1. The molecule has 2 aromatic rings. The Kier molecular flexibility index (Phi) is 5.23. The number of hydrogen-bond acceptors (Lipinski definition) is 2. The van der Waals surface area contributed by atoms with E-state index in [9.17, 15) is 9.90 Å². The molecule has 0 fully saturated rings. The lowest BCUT2D eigenvalue weighted by atomic mass is 10.0. The third kappa shape index (κ3) is 4.50. The number of aryl methyl sites for hydroxylation is 1. The summed E-state index contributed by atoms with van der Waals surface area (Å²) in [6, 6.07) is 14.6. The van der Waals surface area contributed by atoms with Gasteiger partial charge in [-0.3, -0.25) is 0 Å². The minimum absolute atomic E-state index is 0.321. The molecule has 110 valence electrons. The second-order valence-corrected chi connectivity index (χ2v) is 5.21. The van der Waals surface area contributed by atoms with E-state index in [0.29, 0.717) is 17.2 Å². The van der Waals surface area contributed by atoms with Crippen molar-refractivity contribution in [2.75, 3.05) is 0 Å². The summed E-state index contributed by atoms with van der Waals surface area (Å²) in [6.45, 7) is 2.08. The van der Waals surface area contributed by atoms with Gasteiger partial charge in [0.05, 0.1) is 0 Å². The van der Waals surface area contributed by atoms with Crippen LogP contribution in [0.5, 0.6) is 5.75 Å². The van der Waals surface area contributed by atoms with Gasteiger partial charge in [-0.2, -0.15) is 0 Å². The number of ether oxygens (including phenoxy) is 1. The van der Waals surface area contributed by atoms with Crippen molar-refractivity contribution >= 4 is 17.6 Å². The van der Waals surface area contributed by atoms with Gasteiger partial charge < -0.3 is 9.84 Å². The van der Waals surface area contributed by atoms with Gasteiger partial charge in [0, 0.05) is 11.4 Å². The van der Waals surface area contributed by atoms with Crippen LogP contribution < -0.4 is 4.74 Å². The van der Waals surface area contributed by atoms with E-state index in [0.717, 1.165) is 12.0 Å². The van der Waals surface area contributed by atoms with Crippen molar-refractivity contribution in [2.24, 2.45) is 0 Å².